The van der Waals surface area contributed by atoms with E-state index in [-0.39, 0.29) is 0 Å². The second kappa shape index (κ2) is 3.19. The third-order valence-electron chi connectivity index (χ3n) is 0.908. The van der Waals surface area contributed by atoms with Crippen LogP contribution in [-0.2, 0) is 11.3 Å². The van der Waals surface area contributed by atoms with Crippen LogP contribution in [0.3, 0.4) is 0 Å². The lowest BCUT2D eigenvalue weighted by Gasteiger charge is -1.93. The summed E-state index contributed by atoms with van der Waals surface area (Å²) in [6, 6.07) is 0. The van der Waals surface area contributed by atoms with Crippen molar-refractivity contribution >= 4 is 0 Å². The maximum atomic E-state index is 5.04. The third-order valence-corrected chi connectivity index (χ3v) is 0.908. The number of ether oxygens (including phenoxy) is 1. The lowest BCUT2D eigenvalue weighted by molar-refractivity contribution is 0.128. The van der Waals surface area contributed by atoms with Crippen LogP contribution in [0, 0.1) is 0 Å². The second-order valence-electron chi connectivity index (χ2n) is 1.57. The number of nitrogens with one attached hydrogen (secondary N) is 1. The molecule has 0 aromatic carbocycles. The van der Waals surface area contributed by atoms with E-state index in [2.05, 4.69) is 15.2 Å². The van der Waals surface area contributed by atoms with Gasteiger partial charge in [0.1, 0.15) is 18.8 Å². The summed E-state index contributed by atoms with van der Waals surface area (Å²) in [6.45, 7) is 3.17. The normalized spacial score (nSPS) is 9.89. The molecule has 9 heavy (non-hydrogen) atoms. The number of rotatable bonds is 3. The van der Waals surface area contributed by atoms with Crippen LogP contribution in [0.1, 0.15) is 12.7 Å². The Hall–Kier alpha value is -0.900. The first-order chi connectivity index (χ1) is 4.43. The van der Waals surface area contributed by atoms with Crippen LogP contribution < -0.4 is 0 Å². The minimum atomic E-state index is 0.524. The number of hydrogen-bond donors (Lipinski definition) is 1. The fourth-order valence-electron chi connectivity index (χ4n) is 0.499. The number of aromatic nitrogens is 3. The zero-order valence-corrected chi connectivity index (χ0v) is 5.29. The summed E-state index contributed by atoms with van der Waals surface area (Å²) < 4.78 is 5.04. The molecule has 0 aliphatic carbocycles. The first-order valence-corrected chi connectivity index (χ1v) is 2.85. The maximum absolute atomic E-state index is 5.04. The molecule has 1 heterocycles. The Kier molecular flexibility index (Phi) is 2.21. The molecule has 1 aromatic heterocycles. The molecular formula is C5H9N3O. The van der Waals surface area contributed by atoms with Crippen LogP contribution in [-0.4, -0.2) is 21.8 Å². The molecule has 1 aromatic rings. The molecule has 0 fully saturated rings. The minimum Gasteiger partial charge on any atom is -0.374 e. The molecular weight excluding hydrogens is 118 g/mol. The largest absolute Gasteiger partial charge is 0.374 e. The fourth-order valence-corrected chi connectivity index (χ4v) is 0.499. The minimum absolute atomic E-state index is 0.524. The zero-order valence-electron chi connectivity index (χ0n) is 5.29. The van der Waals surface area contributed by atoms with Crippen molar-refractivity contribution < 1.29 is 4.74 Å². The number of nitrogens with zero attached hydrogens (tertiary/aromatic N) is 2. The van der Waals surface area contributed by atoms with Crippen molar-refractivity contribution in [3.63, 3.8) is 0 Å². The lowest BCUT2D eigenvalue weighted by atomic mass is 10.7. The summed E-state index contributed by atoms with van der Waals surface area (Å²) >= 11 is 0. The van der Waals surface area contributed by atoms with E-state index in [4.69, 9.17) is 4.74 Å². The van der Waals surface area contributed by atoms with Crippen molar-refractivity contribution in [2.45, 2.75) is 13.5 Å². The van der Waals surface area contributed by atoms with Gasteiger partial charge in [0, 0.05) is 6.61 Å². The second-order valence-corrected chi connectivity index (χ2v) is 1.57. The Bertz CT molecular complexity index is 149. The van der Waals surface area contributed by atoms with Gasteiger partial charge in [0.15, 0.2) is 0 Å². The van der Waals surface area contributed by atoms with Gasteiger partial charge in [0.05, 0.1) is 0 Å². The standard InChI is InChI=1S/C5H9N3O/c1-2-9-3-5-6-4-7-8-5/h4H,2-3H2,1H3,(H,6,7,8). The number of H-pyrrole nitrogens is 1. The number of aromatic amines is 1. The van der Waals surface area contributed by atoms with Crippen molar-refractivity contribution in [1.82, 2.24) is 15.2 Å². The molecule has 0 amide bonds. The molecule has 1 rings (SSSR count). The van der Waals surface area contributed by atoms with Crippen LogP contribution in [0.25, 0.3) is 0 Å². The van der Waals surface area contributed by atoms with Crippen LogP contribution in [0.5, 0.6) is 0 Å². The topological polar surface area (TPSA) is 50.8 Å². The average molecular weight is 127 g/mol. The monoisotopic (exact) mass is 127 g/mol. The van der Waals surface area contributed by atoms with Crippen LogP contribution in [0.15, 0.2) is 6.33 Å². The summed E-state index contributed by atoms with van der Waals surface area (Å²) in [5, 5.41) is 6.34. The first kappa shape index (κ1) is 6.22. The predicted molar refractivity (Wildman–Crippen MR) is 31.7 cm³/mol. The van der Waals surface area contributed by atoms with Gasteiger partial charge in [-0.3, -0.25) is 5.10 Å². The van der Waals surface area contributed by atoms with E-state index in [0.717, 1.165) is 5.82 Å². The van der Waals surface area contributed by atoms with E-state index in [1.165, 1.54) is 6.33 Å². The Morgan fingerprint density at radius 3 is 3.22 bits per heavy atom. The van der Waals surface area contributed by atoms with E-state index < -0.39 is 0 Å². The molecule has 0 atom stereocenters. The van der Waals surface area contributed by atoms with Gasteiger partial charge in [0.2, 0.25) is 0 Å². The highest BCUT2D eigenvalue weighted by Crippen LogP contribution is 1.87. The molecule has 0 aliphatic rings. The van der Waals surface area contributed by atoms with Gasteiger partial charge in [-0.15, -0.1) is 0 Å². The summed E-state index contributed by atoms with van der Waals surface area (Å²) in [5.41, 5.74) is 0. The molecule has 4 heteroatoms. The highest BCUT2D eigenvalue weighted by atomic mass is 16.5. The third kappa shape index (κ3) is 1.81. The van der Waals surface area contributed by atoms with E-state index >= 15 is 0 Å². The molecule has 0 spiro atoms. The van der Waals surface area contributed by atoms with Crippen LogP contribution in [0.4, 0.5) is 0 Å². The predicted octanol–water partition coefficient (Wildman–Crippen LogP) is 0.341. The SMILES string of the molecule is CCOCc1ncn[nH]1. The Morgan fingerprint density at radius 2 is 2.67 bits per heavy atom. The van der Waals surface area contributed by atoms with Crippen molar-refractivity contribution in [3.8, 4) is 0 Å². The lowest BCUT2D eigenvalue weighted by Crippen LogP contribution is -1.93. The van der Waals surface area contributed by atoms with Gasteiger partial charge in [-0.2, -0.15) is 5.10 Å². The maximum Gasteiger partial charge on any atom is 0.150 e. The first-order valence-electron chi connectivity index (χ1n) is 2.85. The molecule has 0 aliphatic heterocycles. The highest BCUT2D eigenvalue weighted by Gasteiger charge is 1.91. The molecule has 0 bridgehead atoms. The summed E-state index contributed by atoms with van der Waals surface area (Å²) in [4.78, 5) is 3.86. The molecule has 0 radical (unpaired) electrons. The molecule has 0 unspecified atom stereocenters. The highest BCUT2D eigenvalue weighted by molar-refractivity contribution is 4.74. The van der Waals surface area contributed by atoms with E-state index in [1.807, 2.05) is 6.92 Å². The fraction of sp³-hybridized carbons (Fsp3) is 0.600. The van der Waals surface area contributed by atoms with Crippen molar-refractivity contribution in [1.29, 1.82) is 0 Å². The average Bonchev–Trinajstić information content (AvgIpc) is 2.34. The van der Waals surface area contributed by atoms with E-state index in [1.54, 1.807) is 0 Å². The van der Waals surface area contributed by atoms with Crippen LogP contribution >= 0.6 is 0 Å². The van der Waals surface area contributed by atoms with Crippen molar-refractivity contribution in [3.05, 3.63) is 12.2 Å². The summed E-state index contributed by atoms with van der Waals surface area (Å²) in [7, 11) is 0. The van der Waals surface area contributed by atoms with Crippen LogP contribution in [0.2, 0.25) is 0 Å². The van der Waals surface area contributed by atoms with Gasteiger partial charge in [0.25, 0.3) is 0 Å². The smallest absolute Gasteiger partial charge is 0.150 e. The van der Waals surface area contributed by atoms with Crippen molar-refractivity contribution in [2.24, 2.45) is 0 Å². The van der Waals surface area contributed by atoms with E-state index in [0.29, 0.717) is 13.2 Å². The van der Waals surface area contributed by atoms with Crippen molar-refractivity contribution in [2.75, 3.05) is 6.61 Å². The number of hydrogen-bond acceptors (Lipinski definition) is 3. The molecule has 0 saturated carbocycles. The molecule has 1 N–H and O–H groups in total. The molecule has 0 saturated heterocycles. The quantitative estimate of drug-likeness (QED) is 0.637. The van der Waals surface area contributed by atoms with Gasteiger partial charge < -0.3 is 4.74 Å². The zero-order chi connectivity index (χ0) is 6.53. The summed E-state index contributed by atoms with van der Waals surface area (Å²) in [5.74, 6) is 0.775. The van der Waals surface area contributed by atoms with Gasteiger partial charge >= 0.3 is 0 Å². The molecule has 4 nitrogen and oxygen atoms in total. The van der Waals surface area contributed by atoms with Gasteiger partial charge in [-0.05, 0) is 6.92 Å². The Labute approximate surface area is 53.3 Å². The molecule has 50 valence electrons. The van der Waals surface area contributed by atoms with Gasteiger partial charge in [-0.25, -0.2) is 4.98 Å². The van der Waals surface area contributed by atoms with Gasteiger partial charge in [-0.1, -0.05) is 0 Å². The Balaban J connectivity index is 2.30. The Morgan fingerprint density at radius 1 is 1.78 bits per heavy atom. The van der Waals surface area contributed by atoms with E-state index in [9.17, 15) is 0 Å². The summed E-state index contributed by atoms with van der Waals surface area (Å²) in [6.07, 6.45) is 1.47.